The lowest BCUT2D eigenvalue weighted by molar-refractivity contribution is 0.0941. The van der Waals surface area contributed by atoms with Crippen LogP contribution in [0.2, 0.25) is 5.02 Å². The molecule has 1 amide bonds. The van der Waals surface area contributed by atoms with Crippen LogP contribution in [0.3, 0.4) is 0 Å². The van der Waals surface area contributed by atoms with Crippen LogP contribution in [0, 0.1) is 5.82 Å². The predicted octanol–water partition coefficient (Wildman–Crippen LogP) is 2.55. The number of amides is 1. The fraction of sp³-hybridized carbons (Fsp3) is 0.0833. The molecule has 0 radical (unpaired) electrons. The Morgan fingerprint density at radius 3 is 2.46 bits per heavy atom. The third kappa shape index (κ3) is 4.57. The molecule has 0 spiro atoms. The first-order chi connectivity index (χ1) is 17.9. The maximum Gasteiger partial charge on any atom is 0.333 e. The first-order valence-corrected chi connectivity index (χ1v) is 11.3. The van der Waals surface area contributed by atoms with Gasteiger partial charge in [0.15, 0.2) is 0 Å². The minimum Gasteiger partial charge on any atom is -0.386 e. The van der Waals surface area contributed by atoms with Gasteiger partial charge in [-0.15, -0.1) is 10.2 Å². The summed E-state index contributed by atoms with van der Waals surface area (Å²) in [6.07, 6.45) is 0. The number of tetrazole rings is 1. The topological polar surface area (TPSA) is 150 Å². The molecule has 5 rings (SSSR count). The molecule has 37 heavy (non-hydrogen) atoms. The second-order valence-electron chi connectivity index (χ2n) is 7.97. The fourth-order valence-electron chi connectivity index (χ4n) is 3.88. The van der Waals surface area contributed by atoms with Crippen molar-refractivity contribution in [1.29, 1.82) is 0 Å². The van der Waals surface area contributed by atoms with Crippen molar-refractivity contribution in [3.63, 3.8) is 0 Å². The Kier molecular flexibility index (Phi) is 6.24. The lowest BCUT2D eigenvalue weighted by Gasteiger charge is -2.16. The molecule has 0 fully saturated rings. The van der Waals surface area contributed by atoms with Gasteiger partial charge in [0.25, 0.3) is 11.5 Å². The summed E-state index contributed by atoms with van der Waals surface area (Å²) in [5.74, 6) is -0.845. The lowest BCUT2D eigenvalue weighted by atomic mass is 10.1. The van der Waals surface area contributed by atoms with Crippen molar-refractivity contribution in [2.45, 2.75) is 6.04 Å². The zero-order valence-corrected chi connectivity index (χ0v) is 19.9. The summed E-state index contributed by atoms with van der Waals surface area (Å²) >= 11 is 5.98. The Bertz CT molecular complexity index is 1720. The molecule has 13 heteroatoms. The van der Waals surface area contributed by atoms with Crippen molar-refractivity contribution < 1.29 is 9.18 Å². The zero-order chi connectivity index (χ0) is 26.1. The maximum absolute atomic E-state index is 14.3. The predicted molar refractivity (Wildman–Crippen MR) is 135 cm³/mol. The van der Waals surface area contributed by atoms with E-state index in [1.54, 1.807) is 24.3 Å². The number of benzene rings is 3. The molecule has 186 valence electrons. The Morgan fingerprint density at radius 1 is 1.08 bits per heavy atom. The van der Waals surface area contributed by atoms with Crippen LogP contribution in [0.5, 0.6) is 0 Å². The van der Waals surface area contributed by atoms with Crippen LogP contribution >= 0.6 is 11.6 Å². The van der Waals surface area contributed by atoms with Gasteiger partial charge < -0.3 is 15.6 Å². The van der Waals surface area contributed by atoms with E-state index in [2.05, 4.69) is 36.2 Å². The largest absolute Gasteiger partial charge is 0.386 e. The number of H-pyrrole nitrogens is 2. The standard InChI is InChI=1S/C24H18ClFN8O3/c1-27-19-11-18-16(10-17(19)26)23(36)34(24(37)28-18)15-8-4-13(5-9-15)22(35)29-20(21-30-32-33-31-21)12-2-6-14(25)7-3-12/h2-11,20,27H,1H3,(H,28,37)(H,29,35)(H,30,31,32,33). The highest BCUT2D eigenvalue weighted by molar-refractivity contribution is 6.30. The number of anilines is 1. The molecule has 0 saturated carbocycles. The highest BCUT2D eigenvalue weighted by atomic mass is 35.5. The van der Waals surface area contributed by atoms with Crippen molar-refractivity contribution in [3.05, 3.63) is 109 Å². The van der Waals surface area contributed by atoms with Gasteiger partial charge in [0.1, 0.15) is 11.9 Å². The van der Waals surface area contributed by atoms with Gasteiger partial charge in [-0.25, -0.2) is 13.8 Å². The maximum atomic E-state index is 14.3. The molecule has 11 nitrogen and oxygen atoms in total. The lowest BCUT2D eigenvalue weighted by Crippen LogP contribution is -2.34. The van der Waals surface area contributed by atoms with Crippen molar-refractivity contribution in [2.24, 2.45) is 0 Å². The monoisotopic (exact) mass is 520 g/mol. The van der Waals surface area contributed by atoms with Crippen LogP contribution in [0.1, 0.15) is 27.8 Å². The molecule has 1 unspecified atom stereocenters. The number of carbonyl (C=O) groups is 1. The van der Waals surface area contributed by atoms with Crippen molar-refractivity contribution in [3.8, 4) is 5.69 Å². The molecule has 0 aliphatic carbocycles. The van der Waals surface area contributed by atoms with Crippen LogP contribution < -0.4 is 21.9 Å². The molecule has 1 atom stereocenters. The molecule has 4 N–H and O–H groups in total. The molecular weight excluding hydrogens is 503 g/mol. The molecule has 0 aliphatic heterocycles. The molecule has 0 aliphatic rings. The number of fused-ring (bicyclic) bond motifs is 1. The summed E-state index contributed by atoms with van der Waals surface area (Å²) in [7, 11) is 1.53. The van der Waals surface area contributed by atoms with Gasteiger partial charge in [-0.1, -0.05) is 28.9 Å². The smallest absolute Gasteiger partial charge is 0.333 e. The average molecular weight is 521 g/mol. The van der Waals surface area contributed by atoms with Crippen LogP contribution in [-0.2, 0) is 0 Å². The second kappa shape index (κ2) is 9.66. The summed E-state index contributed by atoms with van der Waals surface area (Å²) in [5, 5.41) is 19.9. The summed E-state index contributed by atoms with van der Waals surface area (Å²) in [6.45, 7) is 0. The summed E-state index contributed by atoms with van der Waals surface area (Å²) < 4.78 is 15.1. The molecule has 5 aromatic rings. The van der Waals surface area contributed by atoms with Gasteiger partial charge in [0.2, 0.25) is 5.82 Å². The van der Waals surface area contributed by atoms with Gasteiger partial charge in [-0.3, -0.25) is 9.59 Å². The van der Waals surface area contributed by atoms with Crippen molar-refractivity contribution in [2.75, 3.05) is 12.4 Å². The first kappa shape index (κ1) is 23.9. The summed E-state index contributed by atoms with van der Waals surface area (Å²) in [4.78, 5) is 41.3. The SMILES string of the molecule is CNc1cc2[nH]c(=O)n(-c3ccc(C(=O)NC(c4ccc(Cl)cc4)c4nn[nH]n4)cc3)c(=O)c2cc1F. The minimum atomic E-state index is -0.716. The number of rotatable bonds is 6. The Hall–Kier alpha value is -4.84. The van der Waals surface area contributed by atoms with E-state index in [0.29, 0.717) is 10.6 Å². The highest BCUT2D eigenvalue weighted by Gasteiger charge is 2.22. The van der Waals surface area contributed by atoms with E-state index in [9.17, 15) is 18.8 Å². The van der Waals surface area contributed by atoms with Gasteiger partial charge in [0, 0.05) is 17.6 Å². The average Bonchev–Trinajstić information content (AvgIpc) is 3.43. The molecule has 0 saturated heterocycles. The number of carbonyl (C=O) groups excluding carboxylic acids is 1. The van der Waals surface area contributed by atoms with E-state index in [1.165, 1.54) is 37.4 Å². The number of aromatic amines is 2. The van der Waals surface area contributed by atoms with Crippen LogP contribution in [0.15, 0.2) is 70.3 Å². The quantitative estimate of drug-likeness (QED) is 0.268. The Balaban J connectivity index is 1.46. The molecule has 2 aromatic heterocycles. The van der Waals surface area contributed by atoms with Crippen molar-refractivity contribution in [1.82, 2.24) is 35.5 Å². The molecule has 2 heterocycles. The van der Waals surface area contributed by atoms with E-state index in [1.807, 2.05) is 0 Å². The van der Waals surface area contributed by atoms with Gasteiger partial charge in [0.05, 0.1) is 22.3 Å². The van der Waals surface area contributed by atoms with Crippen LogP contribution in [0.25, 0.3) is 16.6 Å². The zero-order valence-electron chi connectivity index (χ0n) is 19.1. The first-order valence-electron chi connectivity index (χ1n) is 10.9. The third-order valence-electron chi connectivity index (χ3n) is 5.74. The van der Waals surface area contributed by atoms with Gasteiger partial charge >= 0.3 is 5.69 Å². The second-order valence-corrected chi connectivity index (χ2v) is 8.41. The number of nitrogens with one attached hydrogen (secondary N) is 4. The van der Waals surface area contributed by atoms with E-state index < -0.39 is 29.0 Å². The molecule has 0 bridgehead atoms. The van der Waals surface area contributed by atoms with E-state index >= 15 is 0 Å². The number of aromatic nitrogens is 6. The summed E-state index contributed by atoms with van der Waals surface area (Å²) in [6, 6.07) is 14.3. The number of hydrogen-bond acceptors (Lipinski definition) is 7. The Labute approximate surface area is 212 Å². The molecular formula is C24H18ClFN8O3. The van der Waals surface area contributed by atoms with Gasteiger partial charge in [-0.05, 0) is 54.1 Å². The Morgan fingerprint density at radius 2 is 1.81 bits per heavy atom. The van der Waals surface area contributed by atoms with E-state index in [-0.39, 0.29) is 33.7 Å². The van der Waals surface area contributed by atoms with E-state index in [0.717, 1.165) is 10.6 Å². The normalized spacial score (nSPS) is 11.9. The summed E-state index contributed by atoms with van der Waals surface area (Å²) in [5.41, 5.74) is 0.0758. The third-order valence-corrected chi connectivity index (χ3v) is 5.99. The number of nitrogens with zero attached hydrogens (tertiary/aromatic N) is 4. The van der Waals surface area contributed by atoms with E-state index in [4.69, 9.17) is 11.6 Å². The fourth-order valence-corrected chi connectivity index (χ4v) is 4.01. The number of hydrogen-bond donors (Lipinski definition) is 4. The van der Waals surface area contributed by atoms with Crippen molar-refractivity contribution >= 4 is 34.1 Å². The van der Waals surface area contributed by atoms with Crippen LogP contribution in [0.4, 0.5) is 10.1 Å². The van der Waals surface area contributed by atoms with Gasteiger partial charge in [-0.2, -0.15) is 5.21 Å². The number of halogens is 2. The molecule has 3 aromatic carbocycles. The minimum absolute atomic E-state index is 0.00355. The highest BCUT2D eigenvalue weighted by Crippen LogP contribution is 2.22. The van der Waals surface area contributed by atoms with Crippen LogP contribution in [-0.4, -0.2) is 43.1 Å².